The van der Waals surface area contributed by atoms with E-state index in [-0.39, 0.29) is 5.91 Å². The number of benzene rings is 1. The Labute approximate surface area is 105 Å². The van der Waals surface area contributed by atoms with Crippen LogP contribution in [-0.2, 0) is 10.2 Å². The Morgan fingerprint density at radius 3 is 2.69 bits per heavy atom. The zero-order valence-corrected chi connectivity index (χ0v) is 12.1. The second-order valence-electron chi connectivity index (χ2n) is 4.31. The first kappa shape index (κ1) is 11.9. The van der Waals surface area contributed by atoms with Crippen molar-refractivity contribution in [3.05, 3.63) is 16.1 Å². The molecular weight excluding hydrogens is 289 g/mol. The molecule has 0 fully saturated rings. The Bertz CT molecular complexity index is 485. The topological polar surface area (TPSA) is 38.3 Å². The van der Waals surface area contributed by atoms with E-state index in [4.69, 9.17) is 4.74 Å². The van der Waals surface area contributed by atoms with Crippen LogP contribution in [0.2, 0.25) is 0 Å². The molecule has 0 bridgehead atoms. The number of hydrogen-bond acceptors (Lipinski definition) is 2. The zero-order chi connectivity index (χ0) is 12.1. The summed E-state index contributed by atoms with van der Waals surface area (Å²) in [4.78, 5) is 11.9. The molecule has 0 saturated heterocycles. The van der Waals surface area contributed by atoms with Crippen molar-refractivity contribution in [3.8, 4) is 5.75 Å². The molecule has 86 valence electrons. The Hall–Kier alpha value is -0.600. The maximum atomic E-state index is 11.9. The van der Waals surface area contributed by atoms with E-state index in [9.17, 15) is 4.79 Å². The lowest BCUT2D eigenvalue weighted by molar-refractivity contribution is -0.119. The second kappa shape index (κ2) is 3.71. The zero-order valence-electron chi connectivity index (χ0n) is 9.35. The molecule has 1 heterocycles. The van der Waals surface area contributed by atoms with Crippen molar-refractivity contribution in [1.82, 2.24) is 0 Å². The molecule has 1 aromatic carbocycles. The predicted molar refractivity (Wildman–Crippen MR) is 71.7 cm³/mol. The highest BCUT2D eigenvalue weighted by molar-refractivity contribution is 9.10. The number of carbonyl (C=O) groups excluding carboxylic acids is 1. The van der Waals surface area contributed by atoms with Gasteiger partial charge in [0.05, 0.1) is 18.2 Å². The Kier molecular flexibility index (Phi) is 2.75. The Morgan fingerprint density at radius 2 is 2.12 bits per heavy atom. The average Bonchev–Trinajstić information content (AvgIpc) is 2.38. The molecule has 1 aliphatic heterocycles. The standard InChI is InChI=1S/C11H13BrNO2P/c1-11(2)7-5(12)4-6(16)9(15-3)8(7)13-10(11)14/h4H,16H2,1-3H3,(H,13,14). The SMILES string of the molecule is COc1c(P)cc(Br)c2c1NC(=O)C2(C)C. The summed E-state index contributed by atoms with van der Waals surface area (Å²) in [7, 11) is 4.21. The quantitative estimate of drug-likeness (QED) is 0.808. The number of fused-ring (bicyclic) bond motifs is 1. The van der Waals surface area contributed by atoms with Gasteiger partial charge in [-0.2, -0.15) is 0 Å². The van der Waals surface area contributed by atoms with E-state index in [0.29, 0.717) is 5.75 Å². The van der Waals surface area contributed by atoms with Crippen LogP contribution in [-0.4, -0.2) is 13.0 Å². The van der Waals surface area contributed by atoms with Gasteiger partial charge in [0.1, 0.15) is 5.75 Å². The third-order valence-corrected chi connectivity index (χ3v) is 3.95. The van der Waals surface area contributed by atoms with Crippen molar-refractivity contribution in [2.45, 2.75) is 19.3 Å². The number of ether oxygens (including phenoxy) is 1. The number of carbonyl (C=O) groups is 1. The van der Waals surface area contributed by atoms with Crippen LogP contribution in [0.5, 0.6) is 5.75 Å². The van der Waals surface area contributed by atoms with Crippen molar-refractivity contribution >= 4 is 42.1 Å². The number of amides is 1. The van der Waals surface area contributed by atoms with E-state index in [0.717, 1.165) is 21.0 Å². The van der Waals surface area contributed by atoms with Crippen molar-refractivity contribution in [1.29, 1.82) is 0 Å². The minimum absolute atomic E-state index is 0.00269. The molecule has 0 aliphatic carbocycles. The van der Waals surface area contributed by atoms with Gasteiger partial charge in [-0.05, 0) is 19.9 Å². The molecule has 1 aromatic rings. The molecule has 3 nitrogen and oxygen atoms in total. The minimum Gasteiger partial charge on any atom is -0.494 e. The maximum Gasteiger partial charge on any atom is 0.234 e. The highest BCUT2D eigenvalue weighted by Crippen LogP contribution is 2.46. The van der Waals surface area contributed by atoms with Crippen LogP contribution >= 0.6 is 25.2 Å². The summed E-state index contributed by atoms with van der Waals surface area (Å²) < 4.78 is 6.26. The summed E-state index contributed by atoms with van der Waals surface area (Å²) in [6.45, 7) is 3.81. The number of rotatable bonds is 1. The molecule has 0 aromatic heterocycles. The molecule has 0 radical (unpaired) electrons. The summed E-state index contributed by atoms with van der Waals surface area (Å²) in [6.07, 6.45) is 0. The largest absolute Gasteiger partial charge is 0.494 e. The molecule has 1 aliphatic rings. The summed E-state index contributed by atoms with van der Waals surface area (Å²) in [5.74, 6) is 0.708. The van der Waals surface area contributed by atoms with Gasteiger partial charge in [0, 0.05) is 15.3 Å². The summed E-state index contributed by atoms with van der Waals surface area (Å²) in [5, 5.41) is 3.80. The monoisotopic (exact) mass is 301 g/mol. The van der Waals surface area contributed by atoms with E-state index in [1.165, 1.54) is 0 Å². The van der Waals surface area contributed by atoms with Gasteiger partial charge < -0.3 is 10.1 Å². The van der Waals surface area contributed by atoms with Gasteiger partial charge in [-0.3, -0.25) is 4.79 Å². The fraction of sp³-hybridized carbons (Fsp3) is 0.364. The first-order valence-corrected chi connectivity index (χ1v) is 6.24. The van der Waals surface area contributed by atoms with Crippen LogP contribution < -0.4 is 15.4 Å². The first-order chi connectivity index (χ1) is 7.39. The number of methoxy groups -OCH3 is 1. The molecule has 1 N–H and O–H groups in total. The molecule has 1 atom stereocenters. The molecule has 1 amide bonds. The van der Waals surface area contributed by atoms with Gasteiger partial charge in [-0.25, -0.2) is 0 Å². The Morgan fingerprint density at radius 1 is 1.50 bits per heavy atom. The molecule has 0 saturated carbocycles. The van der Waals surface area contributed by atoms with Crippen molar-refractivity contribution in [2.75, 3.05) is 12.4 Å². The lowest BCUT2D eigenvalue weighted by Gasteiger charge is -2.18. The van der Waals surface area contributed by atoms with E-state index in [1.807, 2.05) is 19.9 Å². The fourth-order valence-corrected chi connectivity index (χ4v) is 3.60. The van der Waals surface area contributed by atoms with Crippen molar-refractivity contribution in [2.24, 2.45) is 0 Å². The van der Waals surface area contributed by atoms with Crippen LogP contribution in [0.3, 0.4) is 0 Å². The third-order valence-electron chi connectivity index (χ3n) is 2.90. The van der Waals surface area contributed by atoms with Crippen molar-refractivity contribution in [3.63, 3.8) is 0 Å². The van der Waals surface area contributed by atoms with Gasteiger partial charge in [-0.15, -0.1) is 9.24 Å². The van der Waals surface area contributed by atoms with Gasteiger partial charge in [0.25, 0.3) is 0 Å². The van der Waals surface area contributed by atoms with E-state index >= 15 is 0 Å². The van der Waals surface area contributed by atoms with Crippen LogP contribution in [0.25, 0.3) is 0 Å². The average molecular weight is 302 g/mol. The van der Waals surface area contributed by atoms with Gasteiger partial charge in [0.15, 0.2) is 0 Å². The minimum atomic E-state index is -0.528. The molecule has 1 unspecified atom stereocenters. The predicted octanol–water partition coefficient (Wildman–Crippen LogP) is 2.19. The van der Waals surface area contributed by atoms with Crippen LogP contribution in [0, 0.1) is 0 Å². The highest BCUT2D eigenvalue weighted by Gasteiger charge is 2.42. The first-order valence-electron chi connectivity index (χ1n) is 4.87. The van der Waals surface area contributed by atoms with Gasteiger partial charge >= 0.3 is 0 Å². The Balaban J connectivity index is 2.78. The fourth-order valence-electron chi connectivity index (χ4n) is 1.99. The highest BCUT2D eigenvalue weighted by atomic mass is 79.9. The van der Waals surface area contributed by atoms with Crippen molar-refractivity contribution < 1.29 is 9.53 Å². The van der Waals surface area contributed by atoms with Crippen LogP contribution in [0.1, 0.15) is 19.4 Å². The maximum absolute atomic E-state index is 11.9. The number of halogens is 1. The normalized spacial score (nSPS) is 16.9. The molecule has 2 rings (SSSR count). The lowest BCUT2D eigenvalue weighted by Crippen LogP contribution is -2.27. The van der Waals surface area contributed by atoms with Crippen LogP contribution in [0.15, 0.2) is 10.5 Å². The number of nitrogens with one attached hydrogen (secondary N) is 1. The number of anilines is 1. The van der Waals surface area contributed by atoms with Gasteiger partial charge in [-0.1, -0.05) is 15.9 Å². The molecule has 5 heteroatoms. The number of hydrogen-bond donors (Lipinski definition) is 1. The van der Waals surface area contributed by atoms with E-state index in [1.54, 1.807) is 7.11 Å². The second-order valence-corrected chi connectivity index (χ2v) is 5.79. The van der Waals surface area contributed by atoms with E-state index < -0.39 is 5.41 Å². The van der Waals surface area contributed by atoms with E-state index in [2.05, 4.69) is 30.5 Å². The molecule has 0 spiro atoms. The molecule has 16 heavy (non-hydrogen) atoms. The lowest BCUT2D eigenvalue weighted by atomic mass is 9.86. The summed E-state index contributed by atoms with van der Waals surface area (Å²) in [6, 6.07) is 1.95. The summed E-state index contributed by atoms with van der Waals surface area (Å²) >= 11 is 3.50. The smallest absolute Gasteiger partial charge is 0.234 e. The van der Waals surface area contributed by atoms with Gasteiger partial charge in [0.2, 0.25) is 5.91 Å². The molecular formula is C11H13BrNO2P. The summed E-state index contributed by atoms with van der Waals surface area (Å²) in [5.41, 5.74) is 1.21. The third kappa shape index (κ3) is 1.47. The van der Waals surface area contributed by atoms with Crippen LogP contribution in [0.4, 0.5) is 5.69 Å².